The molecule has 1 N–H and O–H groups in total. The lowest BCUT2D eigenvalue weighted by molar-refractivity contribution is -0.146. The minimum Gasteiger partial charge on any atom is -0.366 e. The number of ether oxygens (including phenoxy) is 1. The Morgan fingerprint density at radius 1 is 1.40 bits per heavy atom. The molecule has 3 unspecified atom stereocenters. The fourth-order valence-electron chi connectivity index (χ4n) is 3.10. The van der Waals surface area contributed by atoms with Gasteiger partial charge in [-0.3, -0.25) is 4.79 Å². The Morgan fingerprint density at radius 2 is 2.33 bits per heavy atom. The van der Waals surface area contributed by atoms with E-state index in [1.807, 2.05) is 0 Å². The summed E-state index contributed by atoms with van der Waals surface area (Å²) in [5.41, 5.74) is 0. The zero-order chi connectivity index (χ0) is 10.3. The summed E-state index contributed by atoms with van der Waals surface area (Å²) in [6.07, 6.45) is 3.53. The Bertz CT molecular complexity index is 263. The van der Waals surface area contributed by atoms with Crippen LogP contribution in [0.3, 0.4) is 0 Å². The van der Waals surface area contributed by atoms with Crippen LogP contribution < -0.4 is 5.32 Å². The van der Waals surface area contributed by atoms with E-state index in [0.717, 1.165) is 19.0 Å². The molecule has 4 heteroatoms. The molecule has 84 valence electrons. The molecule has 0 aromatic rings. The lowest BCUT2D eigenvalue weighted by Gasteiger charge is -2.32. The van der Waals surface area contributed by atoms with Gasteiger partial charge in [-0.05, 0) is 25.2 Å². The molecule has 1 amide bonds. The predicted molar refractivity (Wildman–Crippen MR) is 55.5 cm³/mol. The van der Waals surface area contributed by atoms with Crippen LogP contribution in [-0.2, 0) is 9.53 Å². The Labute approximate surface area is 90.0 Å². The normalized spacial score (nSPS) is 39.7. The first-order chi connectivity index (χ1) is 7.34. The Balaban J connectivity index is 1.64. The van der Waals surface area contributed by atoms with E-state index in [1.165, 1.54) is 19.3 Å². The summed E-state index contributed by atoms with van der Waals surface area (Å²) < 4.78 is 5.51. The molecule has 15 heavy (non-hydrogen) atoms. The van der Waals surface area contributed by atoms with Gasteiger partial charge in [0.25, 0.3) is 5.91 Å². The van der Waals surface area contributed by atoms with Crippen molar-refractivity contribution in [1.82, 2.24) is 10.2 Å². The minimum absolute atomic E-state index is 0.217. The van der Waals surface area contributed by atoms with Crippen LogP contribution in [0, 0.1) is 5.92 Å². The number of morpholine rings is 1. The van der Waals surface area contributed by atoms with Crippen molar-refractivity contribution < 1.29 is 9.53 Å². The van der Waals surface area contributed by atoms with E-state index in [0.29, 0.717) is 19.2 Å². The van der Waals surface area contributed by atoms with Gasteiger partial charge in [-0.15, -0.1) is 0 Å². The van der Waals surface area contributed by atoms with Crippen molar-refractivity contribution in [3.05, 3.63) is 0 Å². The second kappa shape index (κ2) is 3.76. The Kier molecular flexibility index (Phi) is 2.41. The third-order valence-corrected chi connectivity index (χ3v) is 3.90. The highest BCUT2D eigenvalue weighted by molar-refractivity contribution is 5.82. The lowest BCUT2D eigenvalue weighted by Crippen LogP contribution is -2.51. The third kappa shape index (κ3) is 1.66. The van der Waals surface area contributed by atoms with Crippen molar-refractivity contribution in [3.63, 3.8) is 0 Å². The van der Waals surface area contributed by atoms with Gasteiger partial charge in [-0.1, -0.05) is 0 Å². The second-order valence-corrected chi connectivity index (χ2v) is 4.89. The van der Waals surface area contributed by atoms with Crippen molar-refractivity contribution in [3.8, 4) is 0 Å². The number of amides is 1. The van der Waals surface area contributed by atoms with Crippen LogP contribution in [0.25, 0.3) is 0 Å². The van der Waals surface area contributed by atoms with Crippen LogP contribution in [-0.4, -0.2) is 49.2 Å². The largest absolute Gasteiger partial charge is 0.366 e. The number of nitrogens with one attached hydrogen (secondary N) is 1. The smallest absolute Gasteiger partial charge is 0.253 e. The Hall–Kier alpha value is -0.610. The maximum Gasteiger partial charge on any atom is 0.253 e. The quantitative estimate of drug-likeness (QED) is 0.661. The molecule has 4 nitrogen and oxygen atoms in total. The molecule has 3 aliphatic rings. The third-order valence-electron chi connectivity index (χ3n) is 3.90. The van der Waals surface area contributed by atoms with Crippen molar-refractivity contribution in [2.24, 2.45) is 5.92 Å². The molecule has 0 spiro atoms. The number of likely N-dealkylation sites (tertiary alicyclic amines) is 1. The van der Waals surface area contributed by atoms with Gasteiger partial charge >= 0.3 is 0 Å². The van der Waals surface area contributed by atoms with E-state index in [2.05, 4.69) is 10.2 Å². The number of hydrogen-bond acceptors (Lipinski definition) is 3. The zero-order valence-electron chi connectivity index (χ0n) is 8.95. The highest BCUT2D eigenvalue weighted by atomic mass is 16.5. The number of nitrogens with zero attached hydrogens (tertiary/aromatic N) is 1. The van der Waals surface area contributed by atoms with Gasteiger partial charge in [-0.2, -0.15) is 0 Å². The van der Waals surface area contributed by atoms with Gasteiger partial charge in [0.05, 0.1) is 6.61 Å². The van der Waals surface area contributed by atoms with E-state index < -0.39 is 0 Å². The molecule has 2 bridgehead atoms. The van der Waals surface area contributed by atoms with E-state index >= 15 is 0 Å². The maximum absolute atomic E-state index is 12.2. The summed E-state index contributed by atoms with van der Waals surface area (Å²) in [6.45, 7) is 3.20. The first-order valence-electron chi connectivity index (χ1n) is 5.97. The number of rotatable bonds is 1. The lowest BCUT2D eigenvalue weighted by atomic mass is 10.1. The molecule has 0 aromatic carbocycles. The van der Waals surface area contributed by atoms with Gasteiger partial charge in [0.2, 0.25) is 0 Å². The summed E-state index contributed by atoms with van der Waals surface area (Å²) in [6, 6.07) is 0.521. The van der Waals surface area contributed by atoms with Crippen molar-refractivity contribution in [1.29, 1.82) is 0 Å². The molecule has 2 heterocycles. The van der Waals surface area contributed by atoms with Crippen LogP contribution in [0.15, 0.2) is 0 Å². The number of piperidine rings is 1. The summed E-state index contributed by atoms with van der Waals surface area (Å²) in [5.74, 6) is 0.991. The fourth-order valence-corrected chi connectivity index (χ4v) is 3.10. The summed E-state index contributed by atoms with van der Waals surface area (Å²) in [4.78, 5) is 14.2. The van der Waals surface area contributed by atoms with Crippen LogP contribution in [0.5, 0.6) is 0 Å². The van der Waals surface area contributed by atoms with Gasteiger partial charge in [-0.25, -0.2) is 0 Å². The van der Waals surface area contributed by atoms with Gasteiger partial charge in [0, 0.05) is 25.7 Å². The van der Waals surface area contributed by atoms with Crippen LogP contribution in [0.4, 0.5) is 0 Å². The molecule has 3 atom stereocenters. The number of carbonyl (C=O) groups is 1. The Morgan fingerprint density at radius 3 is 2.93 bits per heavy atom. The topological polar surface area (TPSA) is 41.6 Å². The highest BCUT2D eigenvalue weighted by Crippen LogP contribution is 2.37. The summed E-state index contributed by atoms with van der Waals surface area (Å²) in [5, 5.41) is 3.21. The fraction of sp³-hybridized carbons (Fsp3) is 0.909. The number of hydrogen-bond donors (Lipinski definition) is 1. The first-order valence-corrected chi connectivity index (χ1v) is 5.97. The average molecular weight is 210 g/mol. The number of carbonyl (C=O) groups excluding carboxylic acids is 1. The molecule has 3 fully saturated rings. The zero-order valence-corrected chi connectivity index (χ0v) is 8.95. The predicted octanol–water partition coefficient (Wildman–Crippen LogP) is -0.0143. The van der Waals surface area contributed by atoms with Gasteiger partial charge < -0.3 is 15.0 Å². The van der Waals surface area contributed by atoms with Crippen molar-refractivity contribution in [2.45, 2.75) is 31.4 Å². The van der Waals surface area contributed by atoms with E-state index in [-0.39, 0.29) is 12.0 Å². The average Bonchev–Trinajstić information content (AvgIpc) is 2.91. The van der Waals surface area contributed by atoms with Crippen LogP contribution in [0.2, 0.25) is 0 Å². The molecule has 2 saturated heterocycles. The van der Waals surface area contributed by atoms with E-state index in [9.17, 15) is 4.79 Å². The number of fused-ring (bicyclic) bond motifs is 2. The van der Waals surface area contributed by atoms with Crippen molar-refractivity contribution in [2.75, 3.05) is 26.2 Å². The van der Waals surface area contributed by atoms with Gasteiger partial charge in [0.1, 0.15) is 6.10 Å². The minimum atomic E-state index is -0.224. The van der Waals surface area contributed by atoms with Crippen LogP contribution >= 0.6 is 0 Å². The van der Waals surface area contributed by atoms with Crippen molar-refractivity contribution >= 4 is 5.91 Å². The standard InChI is InChI=1S/C11H18N2O2/c14-11(10-6-12-3-4-15-10)13-7-8-1-2-9(13)5-8/h8-10,12H,1-7H2. The molecule has 1 saturated carbocycles. The molecule has 3 rings (SSSR count). The molecule has 1 aliphatic carbocycles. The SMILES string of the molecule is O=C(C1CNCCO1)N1CC2CCC1C2. The van der Waals surface area contributed by atoms with Gasteiger partial charge in [0.15, 0.2) is 0 Å². The monoisotopic (exact) mass is 210 g/mol. The van der Waals surface area contributed by atoms with E-state index in [1.54, 1.807) is 0 Å². The molecule has 0 radical (unpaired) electrons. The maximum atomic E-state index is 12.2. The molecule has 0 aromatic heterocycles. The van der Waals surface area contributed by atoms with Crippen LogP contribution in [0.1, 0.15) is 19.3 Å². The first kappa shape index (κ1) is 9.60. The summed E-state index contributed by atoms with van der Waals surface area (Å²) >= 11 is 0. The van der Waals surface area contributed by atoms with E-state index in [4.69, 9.17) is 4.74 Å². The second-order valence-electron chi connectivity index (χ2n) is 4.89. The molecular weight excluding hydrogens is 192 g/mol. The highest BCUT2D eigenvalue weighted by Gasteiger charge is 2.42. The summed E-state index contributed by atoms with van der Waals surface area (Å²) in [7, 11) is 0. The molecular formula is C11H18N2O2. The molecule has 2 aliphatic heterocycles.